The van der Waals surface area contributed by atoms with Crippen LogP contribution in [0.3, 0.4) is 0 Å². The van der Waals surface area contributed by atoms with E-state index in [1.165, 1.54) is 35.7 Å². The maximum Gasteiger partial charge on any atom is 0.212 e. The number of hydrogen-bond donors (Lipinski definition) is 0. The second-order valence-electron chi connectivity index (χ2n) is 3.72. The van der Waals surface area contributed by atoms with E-state index in [1.54, 1.807) is 12.2 Å². The Kier molecular flexibility index (Phi) is 14.6. The molecular formula is C16H22O3S2. The van der Waals surface area contributed by atoms with Crippen molar-refractivity contribution in [3.63, 3.8) is 0 Å². The first kappa shape index (κ1) is 20.0. The zero-order chi connectivity index (χ0) is 15.8. The molecule has 0 N–H and O–H groups in total. The number of hydrogen-bond acceptors (Lipinski definition) is 5. The first-order valence-corrected chi connectivity index (χ1v) is 8.67. The molecule has 21 heavy (non-hydrogen) atoms. The highest BCUT2D eigenvalue weighted by molar-refractivity contribution is 8.14. The second kappa shape index (κ2) is 15.4. The number of rotatable bonds is 10. The molecule has 116 valence electrons. The van der Waals surface area contributed by atoms with Gasteiger partial charge in [-0.1, -0.05) is 60.0 Å². The molecule has 0 unspecified atom stereocenters. The van der Waals surface area contributed by atoms with Crippen LogP contribution in [-0.4, -0.2) is 35.0 Å². The molecule has 0 aliphatic carbocycles. The van der Waals surface area contributed by atoms with Crippen molar-refractivity contribution in [2.24, 2.45) is 0 Å². The molecule has 0 heterocycles. The molecule has 0 atom stereocenters. The van der Waals surface area contributed by atoms with Crippen molar-refractivity contribution in [2.45, 2.75) is 13.8 Å². The Bertz CT molecular complexity index is 372. The topological polar surface area (TPSA) is 43.4 Å². The summed E-state index contributed by atoms with van der Waals surface area (Å²) < 4.78 is 5.36. The molecule has 0 aromatic rings. The third kappa shape index (κ3) is 15.2. The lowest BCUT2D eigenvalue weighted by Gasteiger charge is -2.01. The van der Waals surface area contributed by atoms with E-state index in [-0.39, 0.29) is 10.2 Å². The summed E-state index contributed by atoms with van der Waals surface area (Å²) in [6.07, 6.45) is 13.9. The number of carbonyl (C=O) groups excluding carboxylic acids is 2. The minimum atomic E-state index is 0.0235. The molecule has 0 radical (unpaired) electrons. The fourth-order valence-electron chi connectivity index (χ4n) is 1.09. The van der Waals surface area contributed by atoms with Crippen LogP contribution in [0.2, 0.25) is 0 Å². The number of carbonyl (C=O) groups is 2. The first-order chi connectivity index (χ1) is 10.2. The van der Waals surface area contributed by atoms with Crippen molar-refractivity contribution < 1.29 is 14.3 Å². The number of allylic oxidation sites excluding steroid dienone is 6. The minimum Gasteiger partial charge on any atom is -0.380 e. The van der Waals surface area contributed by atoms with Crippen LogP contribution in [0.15, 0.2) is 48.6 Å². The van der Waals surface area contributed by atoms with Gasteiger partial charge in [0.1, 0.15) is 0 Å². The molecule has 3 nitrogen and oxygen atoms in total. The van der Waals surface area contributed by atoms with E-state index in [4.69, 9.17) is 4.74 Å². The van der Waals surface area contributed by atoms with Crippen LogP contribution in [0, 0.1) is 0 Å². The molecule has 0 bridgehead atoms. The van der Waals surface area contributed by atoms with Gasteiger partial charge in [0.15, 0.2) is 0 Å². The Morgan fingerprint density at radius 3 is 1.62 bits per heavy atom. The average Bonchev–Trinajstić information content (AvgIpc) is 2.47. The minimum absolute atomic E-state index is 0.0235. The quantitative estimate of drug-likeness (QED) is 0.347. The first-order valence-electron chi connectivity index (χ1n) is 6.70. The molecule has 0 aliphatic heterocycles. The van der Waals surface area contributed by atoms with Crippen LogP contribution in [0.5, 0.6) is 0 Å². The summed E-state index contributed by atoms with van der Waals surface area (Å²) in [6, 6.07) is 0. The lowest BCUT2D eigenvalue weighted by atomic mass is 10.4. The van der Waals surface area contributed by atoms with Crippen molar-refractivity contribution >= 4 is 33.8 Å². The Balaban J connectivity index is 3.48. The van der Waals surface area contributed by atoms with Gasteiger partial charge in [-0.2, -0.15) is 0 Å². The van der Waals surface area contributed by atoms with Crippen molar-refractivity contribution in [1.29, 1.82) is 0 Å². The Morgan fingerprint density at radius 1 is 0.810 bits per heavy atom. The highest BCUT2D eigenvalue weighted by atomic mass is 32.2. The van der Waals surface area contributed by atoms with Crippen molar-refractivity contribution in [1.82, 2.24) is 0 Å². The fraction of sp³-hybridized carbons (Fsp3) is 0.375. The van der Waals surface area contributed by atoms with Gasteiger partial charge in [-0.05, 0) is 26.0 Å². The Morgan fingerprint density at radius 2 is 1.24 bits per heavy atom. The molecule has 5 heteroatoms. The molecule has 0 saturated carbocycles. The normalized spacial score (nSPS) is 12.3. The molecule has 0 rings (SSSR count). The van der Waals surface area contributed by atoms with Crippen LogP contribution < -0.4 is 0 Å². The monoisotopic (exact) mass is 326 g/mol. The third-order valence-corrected chi connectivity index (χ3v) is 3.60. The van der Waals surface area contributed by atoms with Gasteiger partial charge in [0.2, 0.25) is 10.2 Å². The maximum atomic E-state index is 11.3. The summed E-state index contributed by atoms with van der Waals surface area (Å²) in [5, 5.41) is 0.0470. The van der Waals surface area contributed by atoms with Crippen molar-refractivity contribution in [3.8, 4) is 0 Å². The molecule has 0 amide bonds. The predicted octanol–water partition coefficient (Wildman–Crippen LogP) is 3.79. The van der Waals surface area contributed by atoms with Crippen LogP contribution in [0.25, 0.3) is 0 Å². The van der Waals surface area contributed by atoms with Gasteiger partial charge in [0.05, 0.1) is 13.2 Å². The van der Waals surface area contributed by atoms with E-state index in [0.29, 0.717) is 24.7 Å². The van der Waals surface area contributed by atoms with Crippen LogP contribution in [0.1, 0.15) is 13.8 Å². The van der Waals surface area contributed by atoms with E-state index in [9.17, 15) is 9.59 Å². The molecular weight excluding hydrogens is 304 g/mol. The van der Waals surface area contributed by atoms with Gasteiger partial charge < -0.3 is 4.74 Å². The van der Waals surface area contributed by atoms with Crippen LogP contribution >= 0.6 is 23.5 Å². The van der Waals surface area contributed by atoms with E-state index in [0.717, 1.165) is 0 Å². The van der Waals surface area contributed by atoms with Gasteiger partial charge in [0, 0.05) is 11.5 Å². The fourth-order valence-corrected chi connectivity index (χ4v) is 2.25. The Labute approximate surface area is 135 Å². The van der Waals surface area contributed by atoms with Gasteiger partial charge in [0.25, 0.3) is 0 Å². The molecule has 0 fully saturated rings. The maximum absolute atomic E-state index is 11.3. The average molecular weight is 326 g/mol. The van der Waals surface area contributed by atoms with E-state index in [2.05, 4.69) is 0 Å². The van der Waals surface area contributed by atoms with Crippen molar-refractivity contribution in [2.75, 3.05) is 24.7 Å². The number of ether oxygens (including phenoxy) is 1. The van der Waals surface area contributed by atoms with Gasteiger partial charge in [-0.3, -0.25) is 9.59 Å². The zero-order valence-electron chi connectivity index (χ0n) is 12.5. The third-order valence-electron chi connectivity index (χ3n) is 2.02. The van der Waals surface area contributed by atoms with E-state index in [1.807, 2.05) is 38.2 Å². The summed E-state index contributed by atoms with van der Waals surface area (Å²) in [6.45, 7) is 4.82. The van der Waals surface area contributed by atoms with Crippen LogP contribution in [-0.2, 0) is 14.3 Å². The lowest BCUT2D eigenvalue weighted by molar-refractivity contribution is -0.107. The largest absolute Gasteiger partial charge is 0.380 e. The van der Waals surface area contributed by atoms with Gasteiger partial charge >= 0.3 is 0 Å². The highest BCUT2D eigenvalue weighted by Crippen LogP contribution is 2.05. The molecule has 0 aromatic carbocycles. The van der Waals surface area contributed by atoms with Crippen LogP contribution in [0.4, 0.5) is 0 Å². The summed E-state index contributed by atoms with van der Waals surface area (Å²) >= 11 is 2.46. The van der Waals surface area contributed by atoms with E-state index >= 15 is 0 Å². The summed E-state index contributed by atoms with van der Waals surface area (Å²) in [7, 11) is 0. The van der Waals surface area contributed by atoms with Crippen molar-refractivity contribution in [3.05, 3.63) is 48.6 Å². The highest BCUT2D eigenvalue weighted by Gasteiger charge is 1.99. The Hall–Kier alpha value is -1.04. The summed E-state index contributed by atoms with van der Waals surface area (Å²) in [5.74, 6) is 1.25. The summed E-state index contributed by atoms with van der Waals surface area (Å²) in [5.41, 5.74) is 0. The number of thioether (sulfide) groups is 2. The standard InChI is InChI=1S/C16H22O3S2/c1-3-5-7-9-15(17)20-13-11-19-12-14-21-16(18)10-8-6-4-2/h3-10H,11-14H2,1-2H3. The second-order valence-corrected chi connectivity index (χ2v) is 5.92. The van der Waals surface area contributed by atoms with Gasteiger partial charge in [-0.15, -0.1) is 0 Å². The molecule has 0 aromatic heterocycles. The SMILES string of the molecule is CC=CC=CC(=O)SCCOCCSC(=O)C=CC=CC. The zero-order valence-corrected chi connectivity index (χ0v) is 14.1. The predicted molar refractivity (Wildman–Crippen MR) is 93.7 cm³/mol. The van der Waals surface area contributed by atoms with Gasteiger partial charge in [-0.25, -0.2) is 0 Å². The molecule has 0 spiro atoms. The van der Waals surface area contributed by atoms with E-state index < -0.39 is 0 Å². The smallest absolute Gasteiger partial charge is 0.212 e. The molecule has 0 saturated heterocycles. The lowest BCUT2D eigenvalue weighted by Crippen LogP contribution is -2.04. The summed E-state index contributed by atoms with van der Waals surface area (Å²) in [4.78, 5) is 22.7. The molecule has 0 aliphatic rings.